The van der Waals surface area contributed by atoms with E-state index in [0.29, 0.717) is 18.4 Å². The summed E-state index contributed by atoms with van der Waals surface area (Å²) in [6, 6.07) is 10.8. The van der Waals surface area contributed by atoms with Crippen molar-refractivity contribution >= 4 is 5.91 Å². The number of hydrogen-bond donors (Lipinski definition) is 1. The lowest BCUT2D eigenvalue weighted by Gasteiger charge is -2.27. The van der Waals surface area contributed by atoms with Gasteiger partial charge in [-0.15, -0.1) is 0 Å². The van der Waals surface area contributed by atoms with E-state index >= 15 is 0 Å². The second kappa shape index (κ2) is 7.29. The fourth-order valence-corrected chi connectivity index (χ4v) is 2.78. The van der Waals surface area contributed by atoms with Crippen LogP contribution in [0, 0.1) is 0 Å². The number of hydrogen-bond acceptors (Lipinski definition) is 2. The van der Waals surface area contributed by atoms with Gasteiger partial charge in [-0.3, -0.25) is 4.79 Å². The van der Waals surface area contributed by atoms with Crippen LogP contribution in [0.1, 0.15) is 31.7 Å². The largest absolute Gasteiger partial charge is 0.339 e. The van der Waals surface area contributed by atoms with Crippen molar-refractivity contribution in [3.05, 3.63) is 35.9 Å². The molecule has 2 rings (SSSR count). The van der Waals surface area contributed by atoms with E-state index in [1.54, 1.807) is 0 Å². The Morgan fingerprint density at radius 2 is 2.16 bits per heavy atom. The van der Waals surface area contributed by atoms with Crippen molar-refractivity contribution in [1.82, 2.24) is 10.2 Å². The van der Waals surface area contributed by atoms with Crippen LogP contribution in [0.15, 0.2) is 30.3 Å². The molecular formula is C16H24N2O. The van der Waals surface area contributed by atoms with Gasteiger partial charge in [0.05, 0.1) is 0 Å². The second-order valence-electron chi connectivity index (χ2n) is 5.17. The highest BCUT2D eigenvalue weighted by Crippen LogP contribution is 2.12. The van der Waals surface area contributed by atoms with E-state index in [0.717, 1.165) is 38.9 Å². The van der Waals surface area contributed by atoms with Crippen LogP contribution in [0.4, 0.5) is 0 Å². The summed E-state index contributed by atoms with van der Waals surface area (Å²) in [6.45, 7) is 4.90. The minimum atomic E-state index is 0.312. The Kier molecular flexibility index (Phi) is 5.40. The smallest absolute Gasteiger partial charge is 0.222 e. The summed E-state index contributed by atoms with van der Waals surface area (Å²) in [5, 5.41) is 3.33. The van der Waals surface area contributed by atoms with Gasteiger partial charge in [-0.1, -0.05) is 30.3 Å². The molecule has 1 aliphatic rings. The van der Waals surface area contributed by atoms with E-state index in [1.165, 1.54) is 5.56 Å². The summed E-state index contributed by atoms with van der Waals surface area (Å²) < 4.78 is 0. The van der Waals surface area contributed by atoms with Crippen LogP contribution in [0.25, 0.3) is 0 Å². The Hall–Kier alpha value is -1.35. The van der Waals surface area contributed by atoms with Gasteiger partial charge in [0.15, 0.2) is 0 Å². The molecule has 19 heavy (non-hydrogen) atoms. The molecule has 1 aromatic rings. The number of likely N-dealkylation sites (N-methyl/N-ethyl adjacent to an activating group) is 1. The maximum Gasteiger partial charge on any atom is 0.222 e. The Morgan fingerprint density at radius 1 is 1.37 bits per heavy atom. The lowest BCUT2D eigenvalue weighted by molar-refractivity contribution is -0.133. The summed E-state index contributed by atoms with van der Waals surface area (Å²) in [7, 11) is 0. The van der Waals surface area contributed by atoms with Gasteiger partial charge in [0.25, 0.3) is 0 Å². The van der Waals surface area contributed by atoms with E-state index in [-0.39, 0.29) is 0 Å². The molecule has 1 saturated heterocycles. The zero-order chi connectivity index (χ0) is 13.5. The van der Waals surface area contributed by atoms with Crippen LogP contribution >= 0.6 is 0 Å². The number of carbonyl (C=O) groups excluding carboxylic acids is 1. The first-order valence-corrected chi connectivity index (χ1v) is 7.35. The van der Waals surface area contributed by atoms with Gasteiger partial charge < -0.3 is 10.2 Å². The van der Waals surface area contributed by atoms with Gasteiger partial charge in [-0.05, 0) is 38.3 Å². The predicted octanol–water partition coefficient (Wildman–Crippen LogP) is 2.22. The van der Waals surface area contributed by atoms with Crippen LogP contribution in [0.2, 0.25) is 0 Å². The Balaban J connectivity index is 1.76. The maximum absolute atomic E-state index is 12.2. The molecular weight excluding hydrogens is 236 g/mol. The van der Waals surface area contributed by atoms with Gasteiger partial charge in [0, 0.05) is 25.6 Å². The number of benzene rings is 1. The molecule has 1 amide bonds. The number of rotatable bonds is 6. The van der Waals surface area contributed by atoms with Crippen LogP contribution in [-0.2, 0) is 11.2 Å². The minimum absolute atomic E-state index is 0.312. The molecule has 1 atom stereocenters. The summed E-state index contributed by atoms with van der Waals surface area (Å²) in [4.78, 5) is 14.3. The molecule has 0 spiro atoms. The first-order valence-electron chi connectivity index (χ1n) is 7.35. The second-order valence-corrected chi connectivity index (χ2v) is 5.17. The van der Waals surface area contributed by atoms with E-state index < -0.39 is 0 Å². The molecule has 0 radical (unpaired) electrons. The van der Waals surface area contributed by atoms with Gasteiger partial charge in [0.2, 0.25) is 5.91 Å². The van der Waals surface area contributed by atoms with E-state index in [2.05, 4.69) is 36.5 Å². The highest BCUT2D eigenvalue weighted by Gasteiger charge is 2.24. The molecule has 1 aromatic carbocycles. The van der Waals surface area contributed by atoms with Gasteiger partial charge in [-0.2, -0.15) is 0 Å². The van der Waals surface area contributed by atoms with E-state index in [1.807, 2.05) is 11.0 Å². The lowest BCUT2D eigenvalue weighted by Crippen LogP contribution is -2.41. The van der Waals surface area contributed by atoms with Crippen molar-refractivity contribution < 1.29 is 4.79 Å². The van der Waals surface area contributed by atoms with Gasteiger partial charge in [-0.25, -0.2) is 0 Å². The highest BCUT2D eigenvalue weighted by molar-refractivity contribution is 5.76. The topological polar surface area (TPSA) is 32.3 Å². The number of amides is 1. The molecule has 1 unspecified atom stereocenters. The quantitative estimate of drug-likeness (QED) is 0.850. The van der Waals surface area contributed by atoms with Crippen LogP contribution in [-0.4, -0.2) is 36.5 Å². The zero-order valence-corrected chi connectivity index (χ0v) is 11.8. The fraction of sp³-hybridized carbons (Fsp3) is 0.562. The number of aryl methyl sites for hydroxylation is 1. The summed E-state index contributed by atoms with van der Waals surface area (Å²) in [5.41, 5.74) is 1.32. The van der Waals surface area contributed by atoms with Crippen molar-refractivity contribution in [3.63, 3.8) is 0 Å². The third-order valence-corrected chi connectivity index (χ3v) is 3.84. The monoisotopic (exact) mass is 260 g/mol. The zero-order valence-electron chi connectivity index (χ0n) is 11.8. The van der Waals surface area contributed by atoms with Gasteiger partial charge in [0.1, 0.15) is 0 Å². The third kappa shape index (κ3) is 4.06. The first-order chi connectivity index (χ1) is 9.31. The highest BCUT2D eigenvalue weighted by atomic mass is 16.2. The Labute approximate surface area is 116 Å². The number of nitrogens with zero attached hydrogens (tertiary/aromatic N) is 1. The minimum Gasteiger partial charge on any atom is -0.339 e. The molecule has 0 saturated carbocycles. The van der Waals surface area contributed by atoms with Crippen LogP contribution in [0.3, 0.4) is 0 Å². The standard InChI is InChI=1S/C16H24N2O/c1-2-18(15-11-12-17-13-15)16(19)10-6-9-14-7-4-3-5-8-14/h3-5,7-8,15,17H,2,6,9-13H2,1H3. The van der Waals surface area contributed by atoms with Crippen molar-refractivity contribution in [1.29, 1.82) is 0 Å². The van der Waals surface area contributed by atoms with Crippen molar-refractivity contribution in [2.45, 2.75) is 38.6 Å². The Bertz CT molecular complexity index is 385. The lowest BCUT2D eigenvalue weighted by atomic mass is 10.1. The predicted molar refractivity (Wildman–Crippen MR) is 78.0 cm³/mol. The van der Waals surface area contributed by atoms with Crippen LogP contribution in [0.5, 0.6) is 0 Å². The summed E-state index contributed by atoms with van der Waals surface area (Å²) in [5.74, 6) is 0.312. The average Bonchev–Trinajstić information content (AvgIpc) is 2.95. The number of nitrogens with one attached hydrogen (secondary N) is 1. The SMILES string of the molecule is CCN(C(=O)CCCc1ccccc1)C1CCNC1. The molecule has 3 nitrogen and oxygen atoms in total. The average molecular weight is 260 g/mol. The molecule has 0 bridgehead atoms. The third-order valence-electron chi connectivity index (χ3n) is 3.84. The molecule has 1 heterocycles. The van der Waals surface area contributed by atoms with Gasteiger partial charge >= 0.3 is 0 Å². The number of carbonyl (C=O) groups is 1. The van der Waals surface area contributed by atoms with E-state index in [4.69, 9.17) is 0 Å². The van der Waals surface area contributed by atoms with Crippen molar-refractivity contribution in [2.24, 2.45) is 0 Å². The van der Waals surface area contributed by atoms with Crippen molar-refractivity contribution in [3.8, 4) is 0 Å². The molecule has 0 aliphatic carbocycles. The fourth-order valence-electron chi connectivity index (χ4n) is 2.78. The molecule has 1 aliphatic heterocycles. The summed E-state index contributed by atoms with van der Waals surface area (Å²) >= 11 is 0. The maximum atomic E-state index is 12.2. The molecule has 104 valence electrons. The summed E-state index contributed by atoms with van der Waals surface area (Å²) in [6.07, 6.45) is 3.70. The first kappa shape index (κ1) is 14.1. The molecule has 0 aromatic heterocycles. The Morgan fingerprint density at radius 3 is 2.79 bits per heavy atom. The van der Waals surface area contributed by atoms with Crippen LogP contribution < -0.4 is 5.32 Å². The normalized spacial score (nSPS) is 18.5. The van der Waals surface area contributed by atoms with E-state index in [9.17, 15) is 4.79 Å². The molecule has 1 fully saturated rings. The molecule has 3 heteroatoms. The molecule has 1 N–H and O–H groups in total. The van der Waals surface area contributed by atoms with Crippen molar-refractivity contribution in [2.75, 3.05) is 19.6 Å².